The van der Waals surface area contributed by atoms with E-state index in [9.17, 15) is 29.8 Å². The van der Waals surface area contributed by atoms with Crippen LogP contribution in [0.3, 0.4) is 0 Å². The number of anilines is 2. The van der Waals surface area contributed by atoms with Gasteiger partial charge in [0.15, 0.2) is 0 Å². The van der Waals surface area contributed by atoms with Crippen LogP contribution in [-0.2, 0) is 0 Å². The van der Waals surface area contributed by atoms with Gasteiger partial charge in [0.25, 0.3) is 23.2 Å². The molecule has 162 valence electrons. The van der Waals surface area contributed by atoms with Gasteiger partial charge in [0.1, 0.15) is 0 Å². The predicted octanol–water partition coefficient (Wildman–Crippen LogP) is 4.62. The fraction of sp³-hybridized carbons (Fsp3) is 0.0909. The molecule has 0 spiro atoms. The summed E-state index contributed by atoms with van der Waals surface area (Å²) in [7, 11) is 0. The minimum Gasteiger partial charge on any atom is -0.322 e. The maximum Gasteiger partial charge on any atom is 0.272 e. The standard InChI is InChI=1S/C22H18N4O6/c1-13-10-15(6-8-19(13)25(29)30)21(27)23-17-4-3-5-18(12-17)24-22(28)16-7-9-20(26(31)32)14(2)11-16/h3-12H,1-2H3,(H,23,27)(H,24,28). The fourth-order valence-corrected chi connectivity index (χ4v) is 3.08. The largest absolute Gasteiger partial charge is 0.322 e. The van der Waals surface area contributed by atoms with Crippen LogP contribution in [0.25, 0.3) is 0 Å². The lowest BCUT2D eigenvalue weighted by Gasteiger charge is -2.10. The molecule has 0 atom stereocenters. The molecule has 0 aliphatic heterocycles. The zero-order valence-electron chi connectivity index (χ0n) is 17.1. The maximum atomic E-state index is 12.5. The monoisotopic (exact) mass is 434 g/mol. The van der Waals surface area contributed by atoms with Gasteiger partial charge in [0.05, 0.1) is 9.85 Å². The van der Waals surface area contributed by atoms with Crippen LogP contribution in [0.4, 0.5) is 22.7 Å². The van der Waals surface area contributed by atoms with Crippen molar-refractivity contribution in [2.45, 2.75) is 13.8 Å². The molecule has 0 heterocycles. The van der Waals surface area contributed by atoms with E-state index in [-0.39, 0.29) is 22.5 Å². The number of hydrogen-bond donors (Lipinski definition) is 2. The van der Waals surface area contributed by atoms with E-state index in [1.54, 1.807) is 38.1 Å². The van der Waals surface area contributed by atoms with E-state index < -0.39 is 21.7 Å². The number of nitro benzene ring substituents is 2. The number of hydrogen-bond acceptors (Lipinski definition) is 6. The van der Waals surface area contributed by atoms with Gasteiger partial charge < -0.3 is 10.6 Å². The molecule has 3 aromatic carbocycles. The minimum atomic E-state index is -0.518. The predicted molar refractivity (Wildman–Crippen MR) is 118 cm³/mol. The van der Waals surface area contributed by atoms with Crippen molar-refractivity contribution in [3.8, 4) is 0 Å². The van der Waals surface area contributed by atoms with Crippen molar-refractivity contribution in [2.75, 3.05) is 10.6 Å². The Morgan fingerprint density at radius 2 is 1.09 bits per heavy atom. The molecule has 0 saturated heterocycles. The zero-order chi connectivity index (χ0) is 23.4. The highest BCUT2D eigenvalue weighted by atomic mass is 16.6. The minimum absolute atomic E-state index is 0.0762. The molecule has 0 aliphatic carbocycles. The van der Waals surface area contributed by atoms with Crippen LogP contribution in [0.15, 0.2) is 60.7 Å². The Morgan fingerprint density at radius 3 is 1.44 bits per heavy atom. The van der Waals surface area contributed by atoms with Gasteiger partial charge in [0.2, 0.25) is 0 Å². The number of carbonyl (C=O) groups is 2. The first kappa shape index (κ1) is 22.1. The topological polar surface area (TPSA) is 144 Å². The highest BCUT2D eigenvalue weighted by Crippen LogP contribution is 2.22. The molecular weight excluding hydrogens is 416 g/mol. The maximum absolute atomic E-state index is 12.5. The van der Waals surface area contributed by atoms with E-state index in [4.69, 9.17) is 0 Å². The first-order chi connectivity index (χ1) is 15.2. The van der Waals surface area contributed by atoms with E-state index in [1.807, 2.05) is 0 Å². The van der Waals surface area contributed by atoms with Crippen LogP contribution in [0.5, 0.6) is 0 Å². The number of amides is 2. The summed E-state index contributed by atoms with van der Waals surface area (Å²) in [6.45, 7) is 3.09. The molecule has 3 rings (SSSR count). The SMILES string of the molecule is Cc1cc(C(=O)Nc2cccc(NC(=O)c3ccc([N+](=O)[O-])c(C)c3)c2)ccc1[N+](=O)[O-]. The van der Waals surface area contributed by atoms with Crippen molar-refractivity contribution in [2.24, 2.45) is 0 Å². The van der Waals surface area contributed by atoms with Crippen molar-refractivity contribution in [1.29, 1.82) is 0 Å². The molecule has 0 saturated carbocycles. The summed E-state index contributed by atoms with van der Waals surface area (Å²) in [5, 5.41) is 27.2. The molecule has 0 aromatic heterocycles. The van der Waals surface area contributed by atoms with Crippen molar-refractivity contribution < 1.29 is 19.4 Å². The van der Waals surface area contributed by atoms with Crippen molar-refractivity contribution in [3.63, 3.8) is 0 Å². The van der Waals surface area contributed by atoms with E-state index >= 15 is 0 Å². The Hall–Kier alpha value is -4.60. The summed E-state index contributed by atoms with van der Waals surface area (Å²) in [6, 6.07) is 14.6. The summed E-state index contributed by atoms with van der Waals surface area (Å²) in [4.78, 5) is 45.8. The van der Waals surface area contributed by atoms with E-state index in [0.717, 1.165) is 0 Å². The average molecular weight is 434 g/mol. The molecule has 0 fully saturated rings. The van der Waals surface area contributed by atoms with Crippen molar-refractivity contribution in [3.05, 3.63) is 103 Å². The summed E-state index contributed by atoms with van der Waals surface area (Å²) in [5.41, 5.74) is 1.89. The molecular formula is C22H18N4O6. The molecule has 0 bridgehead atoms. The molecule has 0 aliphatic rings. The molecule has 3 aromatic rings. The molecule has 2 N–H and O–H groups in total. The lowest BCUT2D eigenvalue weighted by Crippen LogP contribution is -2.14. The third-order valence-electron chi connectivity index (χ3n) is 4.69. The van der Waals surface area contributed by atoms with Crippen LogP contribution in [0.1, 0.15) is 31.8 Å². The highest BCUT2D eigenvalue weighted by molar-refractivity contribution is 6.06. The molecule has 2 amide bonds. The molecule has 10 nitrogen and oxygen atoms in total. The van der Waals surface area contributed by atoms with Gasteiger partial charge in [-0.3, -0.25) is 29.8 Å². The summed E-state index contributed by atoms with van der Waals surface area (Å²) >= 11 is 0. The van der Waals surface area contributed by atoms with Gasteiger partial charge in [-0.25, -0.2) is 0 Å². The third-order valence-corrected chi connectivity index (χ3v) is 4.69. The zero-order valence-corrected chi connectivity index (χ0v) is 17.1. The van der Waals surface area contributed by atoms with E-state index in [1.165, 1.54) is 36.4 Å². The number of carbonyl (C=O) groups excluding carboxylic acids is 2. The first-order valence-corrected chi connectivity index (χ1v) is 9.38. The first-order valence-electron chi connectivity index (χ1n) is 9.38. The number of aryl methyl sites for hydroxylation is 2. The van der Waals surface area contributed by atoms with Gasteiger partial charge in [-0.1, -0.05) is 6.07 Å². The smallest absolute Gasteiger partial charge is 0.272 e. The summed E-state index contributed by atoms with van der Waals surface area (Å²) in [6.07, 6.45) is 0. The summed E-state index contributed by atoms with van der Waals surface area (Å²) < 4.78 is 0. The second kappa shape index (κ2) is 9.04. The van der Waals surface area contributed by atoms with Crippen LogP contribution in [0.2, 0.25) is 0 Å². The van der Waals surface area contributed by atoms with Crippen molar-refractivity contribution >= 4 is 34.6 Å². The van der Waals surface area contributed by atoms with Crippen LogP contribution >= 0.6 is 0 Å². The van der Waals surface area contributed by atoms with E-state index in [2.05, 4.69) is 10.6 Å². The third kappa shape index (κ3) is 4.93. The number of nitro groups is 2. The number of nitrogens with zero attached hydrogens (tertiary/aromatic N) is 2. The second-order valence-electron chi connectivity index (χ2n) is 7.01. The number of nitrogens with one attached hydrogen (secondary N) is 2. The number of rotatable bonds is 6. The lowest BCUT2D eigenvalue weighted by molar-refractivity contribution is -0.385. The second-order valence-corrected chi connectivity index (χ2v) is 7.01. The van der Waals surface area contributed by atoms with Crippen LogP contribution in [0, 0.1) is 34.1 Å². The fourth-order valence-electron chi connectivity index (χ4n) is 3.08. The Balaban J connectivity index is 1.73. The molecule has 32 heavy (non-hydrogen) atoms. The molecule has 0 radical (unpaired) electrons. The molecule has 10 heteroatoms. The van der Waals surface area contributed by atoms with Gasteiger partial charge >= 0.3 is 0 Å². The Morgan fingerprint density at radius 1 is 0.688 bits per heavy atom. The van der Waals surface area contributed by atoms with Gasteiger partial charge in [-0.2, -0.15) is 0 Å². The Labute approximate surface area is 182 Å². The average Bonchev–Trinajstić information content (AvgIpc) is 2.73. The lowest BCUT2D eigenvalue weighted by atomic mass is 10.1. The van der Waals surface area contributed by atoms with Gasteiger partial charge in [-0.05, 0) is 56.3 Å². The molecule has 0 unspecified atom stereocenters. The highest BCUT2D eigenvalue weighted by Gasteiger charge is 2.16. The van der Waals surface area contributed by atoms with Crippen molar-refractivity contribution in [1.82, 2.24) is 0 Å². The number of benzene rings is 3. The summed E-state index contributed by atoms with van der Waals surface area (Å²) in [5.74, 6) is -0.921. The Kier molecular flexibility index (Phi) is 6.24. The Bertz CT molecular complexity index is 1160. The van der Waals surface area contributed by atoms with Gasteiger partial charge in [-0.15, -0.1) is 0 Å². The van der Waals surface area contributed by atoms with E-state index in [0.29, 0.717) is 22.5 Å². The van der Waals surface area contributed by atoms with Crippen LogP contribution in [-0.4, -0.2) is 21.7 Å². The normalized spacial score (nSPS) is 10.3. The quantitative estimate of drug-likeness (QED) is 0.428. The van der Waals surface area contributed by atoms with Crippen LogP contribution < -0.4 is 10.6 Å². The van der Waals surface area contributed by atoms with Gasteiger partial charge in [0, 0.05) is 45.8 Å².